The molecule has 2 aliphatic rings. The lowest BCUT2D eigenvalue weighted by molar-refractivity contribution is -0.187. The quantitative estimate of drug-likeness (QED) is 0.230. The molecule has 1 saturated heterocycles. The number of ketones is 2. The average Bonchev–Trinajstić information content (AvgIpc) is 2.91. The maximum atomic E-state index is 12.6. The summed E-state index contributed by atoms with van der Waals surface area (Å²) in [4.78, 5) is 48.5. The number of aliphatic hydroxyl groups is 2. The number of carboxylic acids is 2. The lowest BCUT2D eigenvalue weighted by atomic mass is 9.73. The third-order valence-corrected chi connectivity index (χ3v) is 7.02. The van der Waals surface area contributed by atoms with Gasteiger partial charge in [-0.25, -0.2) is 9.59 Å². The second-order valence-electron chi connectivity index (χ2n) is 10.3. The summed E-state index contributed by atoms with van der Waals surface area (Å²) in [5.74, 6) is -8.03. The SMILES string of the molecule is CC1(C)CN[C@H]2CCCC[C@H]2N1.O=C(O)C(O)(C(=O)c1ccccc1)C(O)(C(=O)O)C(=O)c1ccccc1. The summed E-state index contributed by atoms with van der Waals surface area (Å²) in [5, 5.41) is 47.2. The van der Waals surface area contributed by atoms with Crippen molar-refractivity contribution in [2.45, 2.75) is 68.4 Å². The minimum Gasteiger partial charge on any atom is -0.479 e. The van der Waals surface area contributed by atoms with Crippen LogP contribution < -0.4 is 10.6 Å². The monoisotopic (exact) mass is 526 g/mol. The predicted molar refractivity (Wildman–Crippen MR) is 138 cm³/mol. The number of aliphatic carboxylic acids is 2. The van der Waals surface area contributed by atoms with E-state index in [0.29, 0.717) is 5.54 Å². The highest BCUT2D eigenvalue weighted by Crippen LogP contribution is 2.31. The minimum atomic E-state index is -3.95. The topological polar surface area (TPSA) is 173 Å². The number of hydrogen-bond donors (Lipinski definition) is 6. The highest BCUT2D eigenvalue weighted by atomic mass is 16.5. The van der Waals surface area contributed by atoms with E-state index in [1.165, 1.54) is 62.1 Å². The third-order valence-electron chi connectivity index (χ3n) is 7.02. The molecule has 10 nitrogen and oxygen atoms in total. The van der Waals surface area contributed by atoms with Gasteiger partial charge in [-0.05, 0) is 26.7 Å². The average molecular weight is 527 g/mol. The molecule has 0 aromatic heterocycles. The van der Waals surface area contributed by atoms with Crippen molar-refractivity contribution in [1.82, 2.24) is 10.6 Å². The Kier molecular flexibility index (Phi) is 8.83. The van der Waals surface area contributed by atoms with Crippen LogP contribution in [0.5, 0.6) is 0 Å². The van der Waals surface area contributed by atoms with Gasteiger partial charge in [0.05, 0.1) is 0 Å². The molecule has 6 N–H and O–H groups in total. The third kappa shape index (κ3) is 5.68. The van der Waals surface area contributed by atoms with E-state index < -0.39 is 45.8 Å². The van der Waals surface area contributed by atoms with Crippen LogP contribution in [0.4, 0.5) is 0 Å². The largest absolute Gasteiger partial charge is 0.479 e. The van der Waals surface area contributed by atoms with Crippen LogP contribution in [0.25, 0.3) is 0 Å². The lowest BCUT2D eigenvalue weighted by Gasteiger charge is -2.45. The molecule has 0 radical (unpaired) electrons. The van der Waals surface area contributed by atoms with Crippen molar-refractivity contribution in [3.63, 3.8) is 0 Å². The summed E-state index contributed by atoms with van der Waals surface area (Å²) in [6.07, 6.45) is 5.55. The van der Waals surface area contributed by atoms with E-state index in [-0.39, 0.29) is 0 Å². The van der Waals surface area contributed by atoms with Gasteiger partial charge in [0.25, 0.3) is 11.2 Å². The summed E-state index contributed by atoms with van der Waals surface area (Å²) in [7, 11) is 0. The van der Waals surface area contributed by atoms with Gasteiger partial charge in [-0.2, -0.15) is 0 Å². The number of carbonyl (C=O) groups excluding carboxylic acids is 2. The van der Waals surface area contributed by atoms with Gasteiger partial charge in [-0.15, -0.1) is 0 Å². The smallest absolute Gasteiger partial charge is 0.348 e. The van der Waals surface area contributed by atoms with Crippen LogP contribution in [0.2, 0.25) is 0 Å². The molecule has 0 bridgehead atoms. The van der Waals surface area contributed by atoms with Gasteiger partial charge >= 0.3 is 11.9 Å². The standard InChI is InChI=1S/C18H14O8.C10H20N2/c19-13(11-7-3-1-4-8-11)17(25,15(21)22)18(26,16(23)24)14(20)12-9-5-2-6-10-12;1-10(2)7-11-8-5-3-4-6-9(8)12-10/h1-10,25-26H,(H,21,22)(H,23,24);8-9,11-12H,3-7H2,1-2H3/t;8-,9+/m.0/s1. The Morgan fingerprint density at radius 2 is 1.13 bits per heavy atom. The number of carbonyl (C=O) groups is 4. The van der Waals surface area contributed by atoms with Crippen molar-refractivity contribution in [2.24, 2.45) is 0 Å². The molecule has 2 fully saturated rings. The molecule has 4 rings (SSSR count). The summed E-state index contributed by atoms with van der Waals surface area (Å²) in [6.45, 7) is 5.68. The first kappa shape index (κ1) is 29.1. The number of Topliss-reactive ketones (excluding diaryl/α,β-unsaturated/α-hetero) is 2. The van der Waals surface area contributed by atoms with Gasteiger partial charge in [-0.1, -0.05) is 73.5 Å². The molecule has 2 aromatic carbocycles. The van der Waals surface area contributed by atoms with E-state index in [2.05, 4.69) is 24.5 Å². The number of carboxylic acid groups (broad SMARTS) is 2. The molecule has 0 spiro atoms. The van der Waals surface area contributed by atoms with Crippen LogP contribution in [0, 0.1) is 0 Å². The van der Waals surface area contributed by atoms with Crippen molar-refractivity contribution in [2.75, 3.05) is 6.54 Å². The number of rotatable bonds is 7. The summed E-state index contributed by atoms with van der Waals surface area (Å²) in [6, 6.07) is 14.3. The summed E-state index contributed by atoms with van der Waals surface area (Å²) in [5.41, 5.74) is -8.38. The van der Waals surface area contributed by atoms with Crippen molar-refractivity contribution < 1.29 is 39.6 Å². The van der Waals surface area contributed by atoms with Crippen molar-refractivity contribution in [3.05, 3.63) is 71.8 Å². The second-order valence-corrected chi connectivity index (χ2v) is 10.3. The first-order valence-corrected chi connectivity index (χ1v) is 12.5. The minimum absolute atomic E-state index is 0.304. The first-order valence-electron chi connectivity index (χ1n) is 12.5. The molecule has 1 saturated carbocycles. The molecular formula is C28H34N2O8. The van der Waals surface area contributed by atoms with Crippen molar-refractivity contribution in [3.8, 4) is 0 Å². The molecular weight excluding hydrogens is 492 g/mol. The fraction of sp³-hybridized carbons (Fsp3) is 0.429. The first-order chi connectivity index (χ1) is 17.8. The molecule has 1 aliphatic carbocycles. The number of benzene rings is 2. The van der Waals surface area contributed by atoms with Crippen LogP contribution in [0.3, 0.4) is 0 Å². The van der Waals surface area contributed by atoms with Gasteiger partial charge in [0.1, 0.15) is 0 Å². The molecule has 204 valence electrons. The fourth-order valence-corrected chi connectivity index (χ4v) is 4.92. The molecule has 1 aliphatic heterocycles. The zero-order valence-electron chi connectivity index (χ0n) is 21.4. The Bertz CT molecular complexity index is 1100. The lowest BCUT2D eigenvalue weighted by Crippen LogP contribution is -2.71. The van der Waals surface area contributed by atoms with Crippen molar-refractivity contribution >= 4 is 23.5 Å². The van der Waals surface area contributed by atoms with E-state index in [1.54, 1.807) is 0 Å². The molecule has 2 aromatic rings. The maximum absolute atomic E-state index is 12.6. The number of hydrogen-bond acceptors (Lipinski definition) is 8. The Morgan fingerprint density at radius 1 is 0.737 bits per heavy atom. The van der Waals surface area contributed by atoms with Crippen LogP contribution in [0.15, 0.2) is 60.7 Å². The Labute approximate surface area is 220 Å². The zero-order valence-corrected chi connectivity index (χ0v) is 21.4. The molecule has 2 unspecified atom stereocenters. The molecule has 4 atom stereocenters. The second kappa shape index (κ2) is 11.5. The zero-order chi connectivity index (χ0) is 28.1. The van der Waals surface area contributed by atoms with Crippen LogP contribution in [-0.2, 0) is 9.59 Å². The number of nitrogens with one attached hydrogen (secondary N) is 2. The maximum Gasteiger partial charge on any atom is 0.348 e. The van der Waals surface area contributed by atoms with Gasteiger partial charge in [0.15, 0.2) is 0 Å². The normalized spacial score (nSPS) is 23.3. The molecule has 38 heavy (non-hydrogen) atoms. The van der Waals surface area contributed by atoms with E-state index in [0.717, 1.165) is 42.9 Å². The Balaban J connectivity index is 0.000000275. The van der Waals surface area contributed by atoms with E-state index >= 15 is 0 Å². The van der Waals surface area contributed by atoms with E-state index in [9.17, 15) is 39.6 Å². The predicted octanol–water partition coefficient (Wildman–Crippen LogP) is 1.65. The number of piperazine rings is 1. The molecule has 10 heteroatoms. The van der Waals surface area contributed by atoms with Gasteiger partial charge < -0.3 is 31.1 Å². The Hall–Kier alpha value is -3.44. The number of fused-ring (bicyclic) bond motifs is 1. The summed E-state index contributed by atoms with van der Waals surface area (Å²) < 4.78 is 0. The van der Waals surface area contributed by atoms with Gasteiger partial charge in [-0.3, -0.25) is 9.59 Å². The van der Waals surface area contributed by atoms with Crippen molar-refractivity contribution in [1.29, 1.82) is 0 Å². The highest BCUT2D eigenvalue weighted by molar-refractivity contribution is 6.28. The fourth-order valence-electron chi connectivity index (χ4n) is 4.92. The molecule has 0 amide bonds. The van der Waals surface area contributed by atoms with Crippen LogP contribution >= 0.6 is 0 Å². The van der Waals surface area contributed by atoms with Gasteiger partial charge in [0.2, 0.25) is 11.6 Å². The van der Waals surface area contributed by atoms with Crippen LogP contribution in [-0.4, -0.2) is 79.3 Å². The summed E-state index contributed by atoms with van der Waals surface area (Å²) >= 11 is 0. The van der Waals surface area contributed by atoms with Gasteiger partial charge in [0, 0.05) is 35.3 Å². The highest BCUT2D eigenvalue weighted by Gasteiger charge is 2.69. The Morgan fingerprint density at radius 3 is 1.53 bits per heavy atom. The van der Waals surface area contributed by atoms with E-state index in [4.69, 9.17) is 0 Å². The van der Waals surface area contributed by atoms with Crippen LogP contribution in [0.1, 0.15) is 60.2 Å². The molecule has 1 heterocycles. The van der Waals surface area contributed by atoms with E-state index in [1.807, 2.05) is 0 Å².